The minimum absolute atomic E-state index is 0.757. The Bertz CT molecular complexity index is 409. The fourth-order valence-electron chi connectivity index (χ4n) is 1.12. The molecule has 1 aromatic heterocycles. The lowest BCUT2D eigenvalue weighted by Crippen LogP contribution is -1.74. The molecular formula is C10H6BrClS. The largest absolute Gasteiger partial charge is 0.144 e. The van der Waals surface area contributed by atoms with Crippen LogP contribution in [-0.2, 0) is 0 Å². The maximum Gasteiger partial charge on any atom is 0.0417 e. The van der Waals surface area contributed by atoms with E-state index in [1.807, 2.05) is 24.3 Å². The van der Waals surface area contributed by atoms with Crippen LogP contribution in [-0.4, -0.2) is 0 Å². The quantitative estimate of drug-likeness (QED) is 0.698. The minimum Gasteiger partial charge on any atom is -0.144 e. The molecule has 0 aliphatic rings. The van der Waals surface area contributed by atoms with Gasteiger partial charge in [0, 0.05) is 19.9 Å². The Labute approximate surface area is 94.3 Å². The summed E-state index contributed by atoms with van der Waals surface area (Å²) in [5, 5.41) is 2.82. The molecule has 0 radical (unpaired) electrons. The van der Waals surface area contributed by atoms with E-state index in [1.165, 1.54) is 10.4 Å². The molecule has 66 valence electrons. The van der Waals surface area contributed by atoms with Gasteiger partial charge in [0.1, 0.15) is 0 Å². The summed E-state index contributed by atoms with van der Waals surface area (Å²) in [4.78, 5) is 1.25. The van der Waals surface area contributed by atoms with Crippen LogP contribution in [0.2, 0.25) is 5.02 Å². The second-order valence-corrected chi connectivity index (χ2v) is 4.84. The summed E-state index contributed by atoms with van der Waals surface area (Å²) < 4.78 is 1.04. The highest BCUT2D eigenvalue weighted by Crippen LogP contribution is 2.33. The van der Waals surface area contributed by atoms with E-state index in [4.69, 9.17) is 11.6 Å². The van der Waals surface area contributed by atoms with Gasteiger partial charge in [-0.05, 0) is 23.6 Å². The van der Waals surface area contributed by atoms with Gasteiger partial charge >= 0.3 is 0 Å². The lowest BCUT2D eigenvalue weighted by molar-refractivity contribution is 1.64. The van der Waals surface area contributed by atoms with Crippen molar-refractivity contribution in [3.8, 4) is 10.4 Å². The molecule has 2 aromatic rings. The molecule has 0 saturated carbocycles. The summed E-state index contributed by atoms with van der Waals surface area (Å²) in [5.74, 6) is 0. The number of hydrogen-bond donors (Lipinski definition) is 0. The third-order valence-corrected chi connectivity index (χ3v) is 3.51. The lowest BCUT2D eigenvalue weighted by Gasteiger charge is -2.01. The van der Waals surface area contributed by atoms with Gasteiger partial charge in [0.2, 0.25) is 0 Å². The topological polar surface area (TPSA) is 0 Å². The maximum atomic E-state index is 5.85. The van der Waals surface area contributed by atoms with Crippen molar-refractivity contribution in [2.75, 3.05) is 0 Å². The van der Waals surface area contributed by atoms with Crippen molar-refractivity contribution in [1.82, 2.24) is 0 Å². The normalized spacial score (nSPS) is 10.3. The summed E-state index contributed by atoms with van der Waals surface area (Å²) in [6.45, 7) is 0. The number of benzene rings is 1. The highest BCUT2D eigenvalue weighted by atomic mass is 79.9. The first-order valence-corrected chi connectivity index (χ1v) is 5.81. The molecule has 0 spiro atoms. The van der Waals surface area contributed by atoms with Gasteiger partial charge in [-0.1, -0.05) is 39.7 Å². The van der Waals surface area contributed by atoms with E-state index in [9.17, 15) is 0 Å². The monoisotopic (exact) mass is 272 g/mol. The summed E-state index contributed by atoms with van der Waals surface area (Å²) in [6, 6.07) is 9.98. The molecule has 2 rings (SSSR count). The van der Waals surface area contributed by atoms with Crippen LogP contribution >= 0.6 is 38.9 Å². The molecule has 0 amide bonds. The van der Waals surface area contributed by atoms with Gasteiger partial charge in [-0.25, -0.2) is 0 Å². The van der Waals surface area contributed by atoms with Gasteiger partial charge in [0.05, 0.1) is 0 Å². The van der Waals surface area contributed by atoms with E-state index in [2.05, 4.69) is 27.4 Å². The Morgan fingerprint density at radius 3 is 2.69 bits per heavy atom. The average molecular weight is 274 g/mol. The zero-order valence-corrected chi connectivity index (χ0v) is 9.79. The van der Waals surface area contributed by atoms with Gasteiger partial charge < -0.3 is 0 Å². The molecule has 0 atom stereocenters. The number of thiophene rings is 1. The van der Waals surface area contributed by atoms with Gasteiger partial charge in [0.25, 0.3) is 0 Å². The van der Waals surface area contributed by atoms with Crippen LogP contribution in [0.5, 0.6) is 0 Å². The number of rotatable bonds is 1. The van der Waals surface area contributed by atoms with Crippen molar-refractivity contribution in [3.05, 3.63) is 45.2 Å². The Kier molecular flexibility index (Phi) is 2.72. The smallest absolute Gasteiger partial charge is 0.0417 e. The third-order valence-electron chi connectivity index (χ3n) is 1.72. The summed E-state index contributed by atoms with van der Waals surface area (Å²) in [5.41, 5.74) is 1.19. The van der Waals surface area contributed by atoms with Gasteiger partial charge in [-0.3, -0.25) is 0 Å². The summed E-state index contributed by atoms with van der Waals surface area (Å²) in [6.07, 6.45) is 0. The predicted octanol–water partition coefficient (Wildman–Crippen LogP) is 4.83. The molecule has 0 unspecified atom stereocenters. The first-order valence-electron chi connectivity index (χ1n) is 3.76. The fraction of sp³-hybridized carbons (Fsp3) is 0. The van der Waals surface area contributed by atoms with Crippen molar-refractivity contribution < 1.29 is 0 Å². The van der Waals surface area contributed by atoms with Crippen LogP contribution in [0.4, 0.5) is 0 Å². The molecule has 0 nitrogen and oxygen atoms in total. The van der Waals surface area contributed by atoms with Gasteiger partial charge in [-0.2, -0.15) is 0 Å². The van der Waals surface area contributed by atoms with Crippen molar-refractivity contribution in [2.45, 2.75) is 0 Å². The molecule has 0 saturated heterocycles. The Morgan fingerprint density at radius 1 is 1.23 bits per heavy atom. The molecule has 0 aliphatic heterocycles. The van der Waals surface area contributed by atoms with E-state index in [-0.39, 0.29) is 0 Å². The van der Waals surface area contributed by atoms with Crippen molar-refractivity contribution >= 4 is 38.9 Å². The average Bonchev–Trinajstić information content (AvgIpc) is 2.56. The van der Waals surface area contributed by atoms with Crippen LogP contribution in [0.15, 0.2) is 40.2 Å². The van der Waals surface area contributed by atoms with Crippen molar-refractivity contribution in [2.24, 2.45) is 0 Å². The summed E-state index contributed by atoms with van der Waals surface area (Å²) >= 11 is 11.1. The Hall–Kier alpha value is -0.310. The van der Waals surface area contributed by atoms with E-state index >= 15 is 0 Å². The lowest BCUT2D eigenvalue weighted by atomic mass is 10.2. The molecule has 3 heteroatoms. The van der Waals surface area contributed by atoms with E-state index in [1.54, 1.807) is 11.3 Å². The molecule has 0 aliphatic carbocycles. The standard InChI is InChI=1S/C10H6BrClS/c11-9-6-7(12)3-4-8(9)10-2-1-5-13-10/h1-6H. The third kappa shape index (κ3) is 1.96. The number of hydrogen-bond acceptors (Lipinski definition) is 1. The molecule has 0 N–H and O–H groups in total. The minimum atomic E-state index is 0.757. The first-order chi connectivity index (χ1) is 6.27. The van der Waals surface area contributed by atoms with Crippen molar-refractivity contribution in [1.29, 1.82) is 0 Å². The Balaban J connectivity index is 2.53. The molecule has 1 aromatic carbocycles. The highest BCUT2D eigenvalue weighted by molar-refractivity contribution is 9.10. The second kappa shape index (κ2) is 3.82. The molecule has 0 bridgehead atoms. The summed E-state index contributed by atoms with van der Waals surface area (Å²) in [7, 11) is 0. The second-order valence-electron chi connectivity index (χ2n) is 2.60. The molecule has 1 heterocycles. The first kappa shape index (κ1) is 9.25. The maximum absolute atomic E-state index is 5.85. The fourth-order valence-corrected chi connectivity index (χ4v) is 2.91. The van der Waals surface area contributed by atoms with Crippen molar-refractivity contribution in [3.63, 3.8) is 0 Å². The van der Waals surface area contributed by atoms with E-state index < -0.39 is 0 Å². The van der Waals surface area contributed by atoms with Gasteiger partial charge in [0.15, 0.2) is 0 Å². The predicted molar refractivity (Wildman–Crippen MR) is 62.5 cm³/mol. The van der Waals surface area contributed by atoms with Crippen LogP contribution in [0.25, 0.3) is 10.4 Å². The molecule has 13 heavy (non-hydrogen) atoms. The SMILES string of the molecule is Clc1ccc(-c2cccs2)c(Br)c1. The molecular weight excluding hydrogens is 268 g/mol. The Morgan fingerprint density at radius 2 is 2.08 bits per heavy atom. The van der Waals surface area contributed by atoms with Crippen LogP contribution in [0.3, 0.4) is 0 Å². The van der Waals surface area contributed by atoms with Crippen LogP contribution < -0.4 is 0 Å². The zero-order valence-electron chi connectivity index (χ0n) is 6.63. The molecule has 0 fully saturated rings. The van der Waals surface area contributed by atoms with Crippen LogP contribution in [0, 0.1) is 0 Å². The van der Waals surface area contributed by atoms with Crippen LogP contribution in [0.1, 0.15) is 0 Å². The van der Waals surface area contributed by atoms with Gasteiger partial charge in [-0.15, -0.1) is 11.3 Å². The van der Waals surface area contributed by atoms with E-state index in [0.717, 1.165) is 9.50 Å². The highest BCUT2D eigenvalue weighted by Gasteiger charge is 2.03. The van der Waals surface area contributed by atoms with E-state index in [0.29, 0.717) is 0 Å². The zero-order chi connectivity index (χ0) is 9.26. The number of halogens is 2.